The van der Waals surface area contributed by atoms with E-state index in [9.17, 15) is 14.0 Å². The molecule has 1 unspecified atom stereocenters. The quantitative estimate of drug-likeness (QED) is 0.473. The van der Waals surface area contributed by atoms with Crippen molar-refractivity contribution >= 4 is 23.4 Å². The maximum Gasteiger partial charge on any atom is 0.257 e. The molecule has 3 N–H and O–H groups in total. The third-order valence-electron chi connectivity index (χ3n) is 5.96. The molecule has 180 valence electrons. The van der Waals surface area contributed by atoms with Gasteiger partial charge in [0.1, 0.15) is 17.7 Å². The number of hydrogen-bond donors (Lipinski definition) is 3. The molecule has 0 fully saturated rings. The standard InChI is InChI=1S/C24H32ClFN4O3/c1-16(11-12-27-23(31)15-33-17-9-10-18(25)19(26)13-17)24(32)28-14-22-29-20-7-5-3-4-6-8-21(20)30(22)2/h9-10,13,22,29H,1,3-8,11-12,14-15H2,2H3,(H,27,31)(H,28,32). The van der Waals surface area contributed by atoms with E-state index in [1.165, 1.54) is 49.2 Å². The van der Waals surface area contributed by atoms with Crippen LogP contribution < -0.4 is 20.7 Å². The van der Waals surface area contributed by atoms with Crippen molar-refractivity contribution in [3.63, 3.8) is 0 Å². The van der Waals surface area contributed by atoms with E-state index in [4.69, 9.17) is 16.3 Å². The van der Waals surface area contributed by atoms with Crippen LogP contribution in [-0.2, 0) is 9.59 Å². The van der Waals surface area contributed by atoms with Gasteiger partial charge in [-0.05, 0) is 44.2 Å². The Labute approximate surface area is 199 Å². The molecular weight excluding hydrogens is 447 g/mol. The lowest BCUT2D eigenvalue weighted by atomic mass is 10.0. The van der Waals surface area contributed by atoms with Crippen molar-refractivity contribution in [2.24, 2.45) is 0 Å². The van der Waals surface area contributed by atoms with Crippen LogP contribution in [0.5, 0.6) is 5.75 Å². The molecule has 7 nitrogen and oxygen atoms in total. The van der Waals surface area contributed by atoms with Crippen molar-refractivity contribution < 1.29 is 18.7 Å². The highest BCUT2D eigenvalue weighted by atomic mass is 35.5. The molecule has 9 heteroatoms. The van der Waals surface area contributed by atoms with Crippen LogP contribution in [0, 0.1) is 5.82 Å². The number of hydrogen-bond acceptors (Lipinski definition) is 5. The number of nitrogens with one attached hydrogen (secondary N) is 3. The maximum absolute atomic E-state index is 13.4. The van der Waals surface area contributed by atoms with Crippen molar-refractivity contribution in [1.82, 2.24) is 20.9 Å². The number of ether oxygens (including phenoxy) is 1. The van der Waals surface area contributed by atoms with E-state index in [0.717, 1.165) is 18.9 Å². The summed E-state index contributed by atoms with van der Waals surface area (Å²) < 4.78 is 18.6. The van der Waals surface area contributed by atoms with Gasteiger partial charge in [0, 0.05) is 36.6 Å². The minimum atomic E-state index is -0.613. The van der Waals surface area contributed by atoms with Gasteiger partial charge in [0.05, 0.1) is 11.6 Å². The molecule has 1 aliphatic heterocycles. The van der Waals surface area contributed by atoms with Gasteiger partial charge in [0.2, 0.25) is 5.91 Å². The number of halogens is 2. The minimum Gasteiger partial charge on any atom is -0.484 e. The molecule has 0 bridgehead atoms. The zero-order valence-corrected chi connectivity index (χ0v) is 19.8. The molecule has 1 heterocycles. The maximum atomic E-state index is 13.4. The molecule has 0 spiro atoms. The molecule has 0 saturated heterocycles. The predicted molar refractivity (Wildman–Crippen MR) is 126 cm³/mol. The molecule has 2 aliphatic rings. The number of rotatable bonds is 9. The molecule has 2 amide bonds. The average Bonchev–Trinajstić information content (AvgIpc) is 3.06. The number of carbonyl (C=O) groups excluding carboxylic acids is 2. The number of allylic oxidation sites excluding steroid dienone is 2. The highest BCUT2D eigenvalue weighted by molar-refractivity contribution is 6.30. The lowest BCUT2D eigenvalue weighted by Gasteiger charge is -2.25. The monoisotopic (exact) mass is 478 g/mol. The fourth-order valence-electron chi connectivity index (χ4n) is 4.01. The van der Waals surface area contributed by atoms with E-state index < -0.39 is 5.82 Å². The van der Waals surface area contributed by atoms with Gasteiger partial charge in [0.15, 0.2) is 6.61 Å². The lowest BCUT2D eigenvalue weighted by Crippen LogP contribution is -2.45. The van der Waals surface area contributed by atoms with Crippen LogP contribution in [0.15, 0.2) is 41.7 Å². The molecule has 1 atom stereocenters. The normalized spacial score (nSPS) is 18.0. The smallest absolute Gasteiger partial charge is 0.257 e. The number of amides is 2. The Morgan fingerprint density at radius 3 is 2.76 bits per heavy atom. The Balaban J connectivity index is 1.33. The van der Waals surface area contributed by atoms with Crippen LogP contribution in [0.25, 0.3) is 0 Å². The summed E-state index contributed by atoms with van der Waals surface area (Å²) in [4.78, 5) is 26.6. The van der Waals surface area contributed by atoms with Crippen molar-refractivity contribution in [2.45, 2.75) is 51.1 Å². The Morgan fingerprint density at radius 2 is 2.00 bits per heavy atom. The summed E-state index contributed by atoms with van der Waals surface area (Å²) in [5.74, 6) is -1.01. The van der Waals surface area contributed by atoms with E-state index in [0.29, 0.717) is 18.5 Å². The van der Waals surface area contributed by atoms with E-state index in [2.05, 4.69) is 34.5 Å². The van der Waals surface area contributed by atoms with Gasteiger partial charge in [-0.15, -0.1) is 0 Å². The highest BCUT2D eigenvalue weighted by Gasteiger charge is 2.28. The van der Waals surface area contributed by atoms with Gasteiger partial charge >= 0.3 is 0 Å². The molecule has 33 heavy (non-hydrogen) atoms. The molecule has 1 aromatic rings. The predicted octanol–water partition coefficient (Wildman–Crippen LogP) is 3.46. The van der Waals surface area contributed by atoms with Gasteiger partial charge in [-0.1, -0.05) is 31.0 Å². The van der Waals surface area contributed by atoms with Crippen LogP contribution in [0.4, 0.5) is 4.39 Å². The van der Waals surface area contributed by atoms with Crippen molar-refractivity contribution in [3.05, 3.63) is 52.6 Å². The fraction of sp³-hybridized carbons (Fsp3) is 0.500. The second-order valence-electron chi connectivity index (χ2n) is 8.39. The van der Waals surface area contributed by atoms with Crippen LogP contribution in [0.2, 0.25) is 5.02 Å². The van der Waals surface area contributed by atoms with Gasteiger partial charge in [0.25, 0.3) is 5.91 Å². The first kappa shape index (κ1) is 24.9. The first-order chi connectivity index (χ1) is 15.8. The molecule has 3 rings (SSSR count). The van der Waals surface area contributed by atoms with Crippen LogP contribution in [-0.4, -0.2) is 49.6 Å². The SMILES string of the molecule is C=C(CCNC(=O)COc1ccc(Cl)c(F)c1)C(=O)NCC1NC2=C(CCCCCC2)N1C. The molecule has 0 aromatic heterocycles. The zero-order chi connectivity index (χ0) is 23.8. The van der Waals surface area contributed by atoms with Crippen LogP contribution >= 0.6 is 11.6 Å². The number of carbonyl (C=O) groups is 2. The summed E-state index contributed by atoms with van der Waals surface area (Å²) in [6.07, 6.45) is 7.44. The summed E-state index contributed by atoms with van der Waals surface area (Å²) >= 11 is 5.62. The topological polar surface area (TPSA) is 82.7 Å². The van der Waals surface area contributed by atoms with Crippen molar-refractivity contribution in [2.75, 3.05) is 26.7 Å². The summed E-state index contributed by atoms with van der Waals surface area (Å²) in [6.45, 7) is 4.29. The molecule has 1 aromatic carbocycles. The van der Waals surface area contributed by atoms with Crippen LogP contribution in [0.3, 0.4) is 0 Å². The van der Waals surface area contributed by atoms with E-state index in [-0.39, 0.29) is 41.9 Å². The van der Waals surface area contributed by atoms with Gasteiger partial charge < -0.3 is 25.6 Å². The molecule has 0 radical (unpaired) electrons. The Morgan fingerprint density at radius 1 is 1.24 bits per heavy atom. The first-order valence-electron chi connectivity index (χ1n) is 11.4. The summed E-state index contributed by atoms with van der Waals surface area (Å²) in [6, 6.07) is 3.96. The van der Waals surface area contributed by atoms with Gasteiger partial charge in [-0.2, -0.15) is 0 Å². The second kappa shape index (κ2) is 11.9. The first-order valence-corrected chi connectivity index (χ1v) is 11.7. The number of benzene rings is 1. The van der Waals surface area contributed by atoms with E-state index in [1.54, 1.807) is 0 Å². The van der Waals surface area contributed by atoms with Crippen molar-refractivity contribution in [3.8, 4) is 5.75 Å². The fourth-order valence-corrected chi connectivity index (χ4v) is 4.13. The lowest BCUT2D eigenvalue weighted by molar-refractivity contribution is -0.123. The summed E-state index contributed by atoms with van der Waals surface area (Å²) in [5, 5.41) is 9.14. The summed E-state index contributed by atoms with van der Waals surface area (Å²) in [7, 11) is 2.07. The summed E-state index contributed by atoms with van der Waals surface area (Å²) in [5.41, 5.74) is 3.06. The Hall–Kier alpha value is -2.74. The van der Waals surface area contributed by atoms with E-state index >= 15 is 0 Å². The molecular formula is C24H32ClFN4O3. The van der Waals surface area contributed by atoms with Crippen molar-refractivity contribution in [1.29, 1.82) is 0 Å². The van der Waals surface area contributed by atoms with E-state index in [1.807, 2.05) is 0 Å². The number of likely N-dealkylation sites (N-methyl/N-ethyl adjacent to an activating group) is 1. The van der Waals surface area contributed by atoms with Gasteiger partial charge in [-0.25, -0.2) is 4.39 Å². The second-order valence-corrected chi connectivity index (χ2v) is 8.80. The molecule has 0 saturated carbocycles. The third kappa shape index (κ3) is 7.12. The molecule has 1 aliphatic carbocycles. The Bertz CT molecular complexity index is 921. The number of nitrogens with zero attached hydrogens (tertiary/aromatic N) is 1. The van der Waals surface area contributed by atoms with Gasteiger partial charge in [-0.3, -0.25) is 9.59 Å². The zero-order valence-electron chi connectivity index (χ0n) is 19.0. The average molecular weight is 479 g/mol. The van der Waals surface area contributed by atoms with Crippen LogP contribution in [0.1, 0.15) is 44.9 Å². The third-order valence-corrected chi connectivity index (χ3v) is 6.27. The minimum absolute atomic E-state index is 0.0132. The highest BCUT2D eigenvalue weighted by Crippen LogP contribution is 2.29. The Kier molecular flexibility index (Phi) is 9.00. The largest absolute Gasteiger partial charge is 0.484 e.